The van der Waals surface area contributed by atoms with Gasteiger partial charge in [0.25, 0.3) is 11.8 Å². The van der Waals surface area contributed by atoms with Gasteiger partial charge in [-0.25, -0.2) is 9.99 Å². The number of benzene rings is 1. The van der Waals surface area contributed by atoms with Crippen molar-refractivity contribution in [1.29, 1.82) is 0 Å². The summed E-state index contributed by atoms with van der Waals surface area (Å²) in [4.78, 5) is 30.4. The van der Waals surface area contributed by atoms with Crippen molar-refractivity contribution < 1.29 is 9.59 Å². The first-order chi connectivity index (χ1) is 13.5. The molecule has 0 saturated carbocycles. The summed E-state index contributed by atoms with van der Waals surface area (Å²) >= 11 is 5.83. The molecule has 156 valence electrons. The van der Waals surface area contributed by atoms with Crippen LogP contribution < -0.4 is 5.43 Å². The van der Waals surface area contributed by atoms with Crippen LogP contribution in [-0.2, 0) is 0 Å². The standard InChI is InChI=1S/C23H30ClN3O2/c1-7-8-19(23(4,5)6)27(22(29)18-12-15(2)11-16(3)13-18)26-21(28)17-9-10-20(24)25-14-17/h9-14,19H,7-8H2,1-6H3,(H,26,28)/t19-/m1/s1. The summed E-state index contributed by atoms with van der Waals surface area (Å²) in [5.74, 6) is -0.613. The van der Waals surface area contributed by atoms with Crippen LogP contribution in [0.3, 0.4) is 0 Å². The Balaban J connectivity index is 2.45. The average Bonchev–Trinajstić information content (AvgIpc) is 2.62. The maximum atomic E-state index is 13.5. The Hall–Kier alpha value is -2.40. The fraction of sp³-hybridized carbons (Fsp3) is 0.435. The van der Waals surface area contributed by atoms with E-state index in [1.807, 2.05) is 32.0 Å². The van der Waals surface area contributed by atoms with Gasteiger partial charge in [-0.1, -0.05) is 62.9 Å². The molecule has 29 heavy (non-hydrogen) atoms. The second kappa shape index (κ2) is 9.40. The Bertz CT molecular complexity index is 852. The Morgan fingerprint density at radius 3 is 2.21 bits per heavy atom. The van der Waals surface area contributed by atoms with Gasteiger partial charge in [0.15, 0.2) is 0 Å². The van der Waals surface area contributed by atoms with Crippen LogP contribution in [0.1, 0.15) is 72.4 Å². The fourth-order valence-corrected chi connectivity index (χ4v) is 3.53. The largest absolute Gasteiger partial charge is 0.272 e. The molecule has 1 aromatic carbocycles. The predicted octanol–water partition coefficient (Wildman–Crippen LogP) is 5.35. The number of aryl methyl sites for hydroxylation is 2. The molecule has 0 bridgehead atoms. The van der Waals surface area contributed by atoms with Crippen LogP contribution in [0, 0.1) is 19.3 Å². The minimum absolute atomic E-state index is 0.176. The van der Waals surface area contributed by atoms with Crippen LogP contribution in [0.15, 0.2) is 36.5 Å². The van der Waals surface area contributed by atoms with Gasteiger partial charge < -0.3 is 0 Å². The molecule has 5 nitrogen and oxygen atoms in total. The number of nitrogens with one attached hydrogen (secondary N) is 1. The number of rotatable bonds is 5. The van der Waals surface area contributed by atoms with Gasteiger partial charge in [0.1, 0.15) is 5.15 Å². The SMILES string of the molecule is CCC[C@@H](N(NC(=O)c1ccc(Cl)nc1)C(=O)c1cc(C)cc(C)c1)C(C)(C)C. The number of carbonyl (C=O) groups excluding carboxylic acids is 2. The molecule has 0 aliphatic heterocycles. The third-order valence-electron chi connectivity index (χ3n) is 4.77. The van der Waals surface area contributed by atoms with Crippen LogP contribution in [0.5, 0.6) is 0 Å². The molecule has 2 rings (SSSR count). The quantitative estimate of drug-likeness (QED) is 0.528. The van der Waals surface area contributed by atoms with Gasteiger partial charge >= 0.3 is 0 Å². The lowest BCUT2D eigenvalue weighted by atomic mass is 9.83. The first-order valence-corrected chi connectivity index (χ1v) is 10.2. The Labute approximate surface area is 178 Å². The van der Waals surface area contributed by atoms with E-state index < -0.39 is 5.91 Å². The zero-order chi connectivity index (χ0) is 21.8. The molecule has 0 fully saturated rings. The second-order valence-corrected chi connectivity index (χ2v) is 8.92. The number of hydrogen-bond acceptors (Lipinski definition) is 3. The van der Waals surface area contributed by atoms with Crippen molar-refractivity contribution in [3.63, 3.8) is 0 Å². The van der Waals surface area contributed by atoms with E-state index in [9.17, 15) is 9.59 Å². The number of carbonyl (C=O) groups is 2. The van der Waals surface area contributed by atoms with E-state index in [2.05, 4.69) is 38.1 Å². The molecule has 2 aromatic rings. The number of hydrogen-bond donors (Lipinski definition) is 1. The second-order valence-electron chi connectivity index (χ2n) is 8.53. The normalized spacial score (nSPS) is 12.4. The molecule has 6 heteroatoms. The third kappa shape index (κ3) is 6.04. The van der Waals surface area contributed by atoms with Crippen molar-refractivity contribution >= 4 is 23.4 Å². The highest BCUT2D eigenvalue weighted by Gasteiger charge is 2.35. The van der Waals surface area contributed by atoms with Gasteiger partial charge in [0.2, 0.25) is 0 Å². The summed E-state index contributed by atoms with van der Waals surface area (Å²) in [7, 11) is 0. The molecule has 1 heterocycles. The summed E-state index contributed by atoms with van der Waals surface area (Å²) in [6, 6.07) is 8.70. The van der Waals surface area contributed by atoms with Crippen LogP contribution in [-0.4, -0.2) is 27.8 Å². The molecule has 2 amide bonds. The molecule has 0 spiro atoms. The number of pyridine rings is 1. The van der Waals surface area contributed by atoms with E-state index in [-0.39, 0.29) is 17.4 Å². The van der Waals surface area contributed by atoms with Crippen molar-refractivity contribution in [2.45, 2.75) is 60.4 Å². The van der Waals surface area contributed by atoms with E-state index >= 15 is 0 Å². The Morgan fingerprint density at radius 1 is 1.10 bits per heavy atom. The summed E-state index contributed by atoms with van der Waals surface area (Å²) in [6.45, 7) is 12.2. The molecular formula is C23H30ClN3O2. The minimum atomic E-state index is -0.391. The van der Waals surface area contributed by atoms with E-state index in [0.717, 1.165) is 24.0 Å². The van der Waals surface area contributed by atoms with Crippen molar-refractivity contribution in [3.05, 3.63) is 63.9 Å². The smallest absolute Gasteiger partial charge is 0.267 e. The highest BCUT2D eigenvalue weighted by atomic mass is 35.5. The van der Waals surface area contributed by atoms with Gasteiger partial charge in [-0.3, -0.25) is 15.0 Å². The van der Waals surface area contributed by atoms with Gasteiger partial charge in [-0.05, 0) is 49.9 Å². The molecule has 1 aromatic heterocycles. The zero-order valence-electron chi connectivity index (χ0n) is 18.0. The highest BCUT2D eigenvalue weighted by molar-refractivity contribution is 6.29. The molecule has 0 radical (unpaired) electrons. The number of aromatic nitrogens is 1. The van der Waals surface area contributed by atoms with Crippen molar-refractivity contribution in [2.75, 3.05) is 0 Å². The van der Waals surface area contributed by atoms with E-state index in [0.29, 0.717) is 16.3 Å². The maximum absolute atomic E-state index is 13.5. The molecule has 1 N–H and O–H groups in total. The molecule has 0 unspecified atom stereocenters. The minimum Gasteiger partial charge on any atom is -0.267 e. The van der Waals surface area contributed by atoms with Crippen LogP contribution >= 0.6 is 11.6 Å². The monoisotopic (exact) mass is 415 g/mol. The molecule has 0 aliphatic rings. The van der Waals surface area contributed by atoms with Crippen molar-refractivity contribution in [1.82, 2.24) is 15.4 Å². The number of nitrogens with zero attached hydrogens (tertiary/aromatic N) is 2. The predicted molar refractivity (Wildman–Crippen MR) is 117 cm³/mol. The average molecular weight is 416 g/mol. The van der Waals surface area contributed by atoms with Crippen molar-refractivity contribution in [3.8, 4) is 0 Å². The first kappa shape index (κ1) is 22.9. The Kier molecular flexibility index (Phi) is 7.42. The summed E-state index contributed by atoms with van der Waals surface area (Å²) in [6.07, 6.45) is 3.05. The molecule has 0 aliphatic carbocycles. The lowest BCUT2D eigenvalue weighted by Gasteiger charge is -2.40. The van der Waals surface area contributed by atoms with Gasteiger partial charge in [-0.15, -0.1) is 0 Å². The summed E-state index contributed by atoms with van der Waals surface area (Å²) in [5.41, 5.74) is 5.53. The topological polar surface area (TPSA) is 62.3 Å². The summed E-state index contributed by atoms with van der Waals surface area (Å²) in [5, 5.41) is 1.80. The lowest BCUT2D eigenvalue weighted by Crippen LogP contribution is -2.56. The van der Waals surface area contributed by atoms with E-state index in [4.69, 9.17) is 11.6 Å². The number of halogens is 1. The van der Waals surface area contributed by atoms with Crippen LogP contribution in [0.25, 0.3) is 0 Å². The van der Waals surface area contributed by atoms with Gasteiger partial charge in [-0.2, -0.15) is 0 Å². The van der Waals surface area contributed by atoms with Gasteiger partial charge in [0.05, 0.1) is 11.6 Å². The van der Waals surface area contributed by atoms with Crippen LogP contribution in [0.2, 0.25) is 5.15 Å². The molecular weight excluding hydrogens is 386 g/mol. The maximum Gasteiger partial charge on any atom is 0.272 e. The number of amides is 2. The summed E-state index contributed by atoms with van der Waals surface area (Å²) < 4.78 is 0. The van der Waals surface area contributed by atoms with Crippen LogP contribution in [0.4, 0.5) is 0 Å². The Morgan fingerprint density at radius 2 is 1.72 bits per heavy atom. The zero-order valence-corrected chi connectivity index (χ0v) is 18.8. The third-order valence-corrected chi connectivity index (χ3v) is 5.00. The fourth-order valence-electron chi connectivity index (χ4n) is 3.41. The van der Waals surface area contributed by atoms with E-state index in [1.165, 1.54) is 11.2 Å². The van der Waals surface area contributed by atoms with Gasteiger partial charge in [0, 0.05) is 11.8 Å². The number of hydrazine groups is 1. The molecule has 0 saturated heterocycles. The highest BCUT2D eigenvalue weighted by Crippen LogP contribution is 2.29. The molecule has 1 atom stereocenters. The van der Waals surface area contributed by atoms with Crippen molar-refractivity contribution in [2.24, 2.45) is 5.41 Å². The lowest BCUT2D eigenvalue weighted by molar-refractivity contribution is 0.0271. The first-order valence-electron chi connectivity index (χ1n) is 9.87. The van der Waals surface area contributed by atoms with E-state index in [1.54, 1.807) is 12.1 Å².